The van der Waals surface area contributed by atoms with Crippen LogP contribution < -0.4 is 10.8 Å². The van der Waals surface area contributed by atoms with Gasteiger partial charge in [-0.1, -0.05) is 29.7 Å². The molecule has 1 aromatic carbocycles. The molecule has 0 aliphatic carbocycles. The number of imidazole rings is 1. The molecule has 0 bridgehead atoms. The fourth-order valence-corrected chi connectivity index (χ4v) is 2.31. The Labute approximate surface area is 102 Å². The molecule has 1 fully saturated rings. The highest BCUT2D eigenvalue weighted by atomic mass is 15.0. The first-order valence-electron chi connectivity index (χ1n) is 6.19. The van der Waals surface area contributed by atoms with Gasteiger partial charge in [0.05, 0.1) is 11.7 Å². The topological polar surface area (TPSA) is 40.7 Å². The number of nitrogens with one attached hydrogen (secondary N) is 2. The minimum Gasteiger partial charge on any atom is -0.347 e. The van der Waals surface area contributed by atoms with E-state index in [-0.39, 0.29) is 0 Å². The van der Waals surface area contributed by atoms with Crippen molar-refractivity contribution >= 4 is 13.3 Å². The molecule has 3 nitrogen and oxygen atoms in total. The molecule has 0 saturated carbocycles. The summed E-state index contributed by atoms with van der Waals surface area (Å²) < 4.78 is 0. The first-order valence-corrected chi connectivity index (χ1v) is 6.19. The van der Waals surface area contributed by atoms with E-state index in [0.29, 0.717) is 6.04 Å². The van der Waals surface area contributed by atoms with Crippen LogP contribution in [0.5, 0.6) is 0 Å². The van der Waals surface area contributed by atoms with Crippen molar-refractivity contribution in [1.82, 2.24) is 15.3 Å². The average Bonchev–Trinajstić information content (AvgIpc) is 3.00. The maximum Gasteiger partial charge on any atom is 0.139 e. The fourth-order valence-electron chi connectivity index (χ4n) is 2.31. The van der Waals surface area contributed by atoms with Gasteiger partial charge in [-0.05, 0) is 19.4 Å². The molecular formula is C13H16BN3. The number of aromatic amines is 1. The molecule has 1 aliphatic rings. The lowest BCUT2D eigenvalue weighted by atomic mass is 9.95. The van der Waals surface area contributed by atoms with Crippen LogP contribution in [0.15, 0.2) is 30.5 Å². The lowest BCUT2D eigenvalue weighted by Crippen LogP contribution is -2.14. The van der Waals surface area contributed by atoms with E-state index in [2.05, 4.69) is 47.4 Å². The van der Waals surface area contributed by atoms with Crippen molar-refractivity contribution < 1.29 is 0 Å². The van der Waals surface area contributed by atoms with Crippen LogP contribution in [0.3, 0.4) is 0 Å². The molecule has 17 heavy (non-hydrogen) atoms. The summed E-state index contributed by atoms with van der Waals surface area (Å²) >= 11 is 0. The van der Waals surface area contributed by atoms with Crippen LogP contribution in [0.2, 0.25) is 0 Å². The van der Waals surface area contributed by atoms with Crippen LogP contribution in [0.1, 0.15) is 24.7 Å². The maximum absolute atomic E-state index is 4.67. The summed E-state index contributed by atoms with van der Waals surface area (Å²) in [5.74, 6) is 1.07. The summed E-state index contributed by atoms with van der Waals surface area (Å²) in [5, 5.41) is 3.45. The standard InChI is InChI=1S/C13H16BN3/c14-10-5-3-9(4-6-10)12-8-16-13(17-12)11-2-1-7-15-11/h3-6,8,11,15H,1-2,7,14H2,(H,16,17). The van der Waals surface area contributed by atoms with Crippen molar-refractivity contribution in [2.75, 3.05) is 6.54 Å². The Kier molecular flexibility index (Phi) is 2.73. The van der Waals surface area contributed by atoms with Gasteiger partial charge in [-0.15, -0.1) is 0 Å². The summed E-state index contributed by atoms with van der Waals surface area (Å²) in [4.78, 5) is 7.96. The minimum atomic E-state index is 0.411. The number of H-pyrrole nitrogens is 1. The van der Waals surface area contributed by atoms with Gasteiger partial charge < -0.3 is 10.3 Å². The minimum absolute atomic E-state index is 0.411. The first kappa shape index (κ1) is 10.6. The van der Waals surface area contributed by atoms with E-state index in [1.807, 2.05) is 6.20 Å². The number of rotatable bonds is 2. The number of benzene rings is 1. The lowest BCUT2D eigenvalue weighted by Gasteiger charge is -2.04. The lowest BCUT2D eigenvalue weighted by molar-refractivity contribution is 0.613. The van der Waals surface area contributed by atoms with Gasteiger partial charge in [0, 0.05) is 11.8 Å². The zero-order valence-electron chi connectivity index (χ0n) is 10.0. The first-order chi connectivity index (χ1) is 8.33. The summed E-state index contributed by atoms with van der Waals surface area (Å²) in [7, 11) is 2.10. The molecule has 2 N–H and O–H groups in total. The van der Waals surface area contributed by atoms with Gasteiger partial charge >= 0.3 is 0 Å². The van der Waals surface area contributed by atoms with Gasteiger partial charge in [-0.2, -0.15) is 0 Å². The molecule has 1 unspecified atom stereocenters. The van der Waals surface area contributed by atoms with Gasteiger partial charge in [0.25, 0.3) is 0 Å². The largest absolute Gasteiger partial charge is 0.347 e. The molecular weight excluding hydrogens is 209 g/mol. The van der Waals surface area contributed by atoms with E-state index >= 15 is 0 Å². The molecule has 1 aliphatic heterocycles. The second-order valence-corrected chi connectivity index (χ2v) is 4.69. The third kappa shape index (κ3) is 2.13. The monoisotopic (exact) mass is 225 g/mol. The van der Waals surface area contributed by atoms with Crippen LogP contribution in [0, 0.1) is 0 Å². The average molecular weight is 225 g/mol. The predicted molar refractivity (Wildman–Crippen MR) is 72.2 cm³/mol. The van der Waals surface area contributed by atoms with Gasteiger partial charge in [0.1, 0.15) is 13.7 Å². The van der Waals surface area contributed by atoms with E-state index in [0.717, 1.165) is 18.1 Å². The highest BCUT2D eigenvalue weighted by molar-refractivity contribution is 6.32. The van der Waals surface area contributed by atoms with Gasteiger partial charge in [-0.3, -0.25) is 0 Å². The van der Waals surface area contributed by atoms with E-state index in [1.54, 1.807) is 0 Å². The molecule has 2 heterocycles. The molecule has 86 valence electrons. The Morgan fingerprint density at radius 1 is 1.24 bits per heavy atom. The molecule has 3 rings (SSSR count). The summed E-state index contributed by atoms with van der Waals surface area (Å²) in [6.45, 7) is 1.10. The van der Waals surface area contributed by atoms with Crippen LogP contribution in [0.25, 0.3) is 11.3 Å². The van der Waals surface area contributed by atoms with Crippen molar-refractivity contribution in [3.05, 3.63) is 36.3 Å². The molecule has 4 heteroatoms. The van der Waals surface area contributed by atoms with Crippen molar-refractivity contribution in [1.29, 1.82) is 0 Å². The van der Waals surface area contributed by atoms with Crippen LogP contribution in [0.4, 0.5) is 0 Å². The molecule has 1 saturated heterocycles. The van der Waals surface area contributed by atoms with E-state index < -0.39 is 0 Å². The Balaban J connectivity index is 1.86. The number of aromatic nitrogens is 2. The summed E-state index contributed by atoms with van der Waals surface area (Å²) in [5.41, 5.74) is 3.49. The molecule has 0 spiro atoms. The highest BCUT2D eigenvalue weighted by Gasteiger charge is 2.19. The number of nitrogens with zero attached hydrogens (tertiary/aromatic N) is 1. The van der Waals surface area contributed by atoms with E-state index in [4.69, 9.17) is 0 Å². The summed E-state index contributed by atoms with van der Waals surface area (Å²) in [6, 6.07) is 8.90. The molecule has 0 amide bonds. The normalized spacial score (nSPS) is 19.6. The second kappa shape index (κ2) is 4.38. The van der Waals surface area contributed by atoms with E-state index in [9.17, 15) is 0 Å². The molecule has 2 aromatic rings. The smallest absolute Gasteiger partial charge is 0.139 e. The van der Waals surface area contributed by atoms with Gasteiger partial charge in [0.2, 0.25) is 0 Å². The van der Waals surface area contributed by atoms with Gasteiger partial charge in [0.15, 0.2) is 0 Å². The highest BCUT2D eigenvalue weighted by Crippen LogP contribution is 2.23. The number of hydrogen-bond donors (Lipinski definition) is 2. The Hall–Kier alpha value is -1.55. The Morgan fingerprint density at radius 3 is 2.76 bits per heavy atom. The van der Waals surface area contributed by atoms with Gasteiger partial charge in [-0.25, -0.2) is 4.98 Å². The van der Waals surface area contributed by atoms with Crippen LogP contribution in [-0.4, -0.2) is 24.4 Å². The fraction of sp³-hybridized carbons (Fsp3) is 0.308. The zero-order valence-corrected chi connectivity index (χ0v) is 10.0. The van der Waals surface area contributed by atoms with Crippen LogP contribution in [-0.2, 0) is 0 Å². The van der Waals surface area contributed by atoms with Crippen molar-refractivity contribution in [2.24, 2.45) is 0 Å². The Bertz CT molecular complexity index is 498. The van der Waals surface area contributed by atoms with Crippen LogP contribution >= 0.6 is 0 Å². The zero-order chi connectivity index (χ0) is 11.7. The predicted octanol–water partition coefficient (Wildman–Crippen LogP) is 0.760. The second-order valence-electron chi connectivity index (χ2n) is 4.69. The Morgan fingerprint density at radius 2 is 2.06 bits per heavy atom. The third-order valence-electron chi connectivity index (χ3n) is 3.34. The maximum atomic E-state index is 4.67. The molecule has 1 aromatic heterocycles. The van der Waals surface area contributed by atoms with E-state index in [1.165, 1.54) is 23.9 Å². The molecule has 1 atom stereocenters. The van der Waals surface area contributed by atoms with Crippen molar-refractivity contribution in [3.63, 3.8) is 0 Å². The quantitative estimate of drug-likeness (QED) is 0.741. The SMILES string of the molecule is Bc1ccc(-c2c[nH]c(C3CCCN3)n2)cc1. The summed E-state index contributed by atoms with van der Waals surface area (Å²) in [6.07, 6.45) is 4.42. The number of hydrogen-bond acceptors (Lipinski definition) is 2. The molecule has 0 radical (unpaired) electrons. The third-order valence-corrected chi connectivity index (χ3v) is 3.34. The van der Waals surface area contributed by atoms with Crippen molar-refractivity contribution in [2.45, 2.75) is 18.9 Å². The van der Waals surface area contributed by atoms with Crippen molar-refractivity contribution in [3.8, 4) is 11.3 Å².